The standard InChI is InChI=1S/C12H12BrNO/c1-8-9(2)14(5-6-15)12-7-10(13)3-4-11(8)12/h3-4,6-7H,5H2,1-2H3. The van der Waals surface area contributed by atoms with Crippen molar-refractivity contribution >= 4 is 33.1 Å². The Bertz CT molecular complexity index is 528. The number of carbonyl (C=O) groups excluding carboxylic acids is 1. The predicted octanol–water partition coefficient (Wildman–Crippen LogP) is 3.22. The zero-order valence-electron chi connectivity index (χ0n) is 8.75. The second kappa shape index (κ2) is 3.81. The van der Waals surface area contributed by atoms with Crippen LogP contribution in [0.5, 0.6) is 0 Å². The van der Waals surface area contributed by atoms with Crippen LogP contribution < -0.4 is 0 Å². The number of carbonyl (C=O) groups is 1. The predicted molar refractivity (Wildman–Crippen MR) is 65.2 cm³/mol. The van der Waals surface area contributed by atoms with Crippen molar-refractivity contribution in [2.45, 2.75) is 20.4 Å². The average molecular weight is 266 g/mol. The number of hydrogen-bond acceptors (Lipinski definition) is 1. The van der Waals surface area contributed by atoms with Crippen LogP contribution in [0.3, 0.4) is 0 Å². The molecule has 3 heteroatoms. The van der Waals surface area contributed by atoms with Crippen LogP contribution in [0.15, 0.2) is 22.7 Å². The van der Waals surface area contributed by atoms with Crippen LogP contribution in [0.25, 0.3) is 10.9 Å². The van der Waals surface area contributed by atoms with Gasteiger partial charge in [0.1, 0.15) is 6.29 Å². The minimum absolute atomic E-state index is 0.423. The summed E-state index contributed by atoms with van der Waals surface area (Å²) >= 11 is 3.45. The summed E-state index contributed by atoms with van der Waals surface area (Å²) in [5, 5.41) is 1.22. The molecule has 0 saturated carbocycles. The highest BCUT2D eigenvalue weighted by molar-refractivity contribution is 9.10. The first-order chi connectivity index (χ1) is 7.15. The summed E-state index contributed by atoms with van der Waals surface area (Å²) < 4.78 is 3.09. The lowest BCUT2D eigenvalue weighted by atomic mass is 10.2. The summed E-state index contributed by atoms with van der Waals surface area (Å²) in [6.07, 6.45) is 0.937. The molecule has 0 amide bonds. The molecule has 1 aromatic heterocycles. The van der Waals surface area contributed by atoms with Crippen molar-refractivity contribution in [3.05, 3.63) is 33.9 Å². The zero-order valence-corrected chi connectivity index (χ0v) is 10.3. The fourth-order valence-corrected chi connectivity index (χ4v) is 2.28. The van der Waals surface area contributed by atoms with Crippen molar-refractivity contribution in [2.75, 3.05) is 0 Å². The maximum absolute atomic E-state index is 10.6. The van der Waals surface area contributed by atoms with Gasteiger partial charge in [0.25, 0.3) is 0 Å². The summed E-state index contributed by atoms with van der Waals surface area (Å²) in [6, 6.07) is 6.17. The van der Waals surface area contributed by atoms with E-state index in [2.05, 4.69) is 35.0 Å². The molecule has 1 heterocycles. The second-order valence-corrected chi connectivity index (χ2v) is 4.56. The van der Waals surface area contributed by atoms with Gasteiger partial charge in [-0.25, -0.2) is 0 Å². The summed E-state index contributed by atoms with van der Waals surface area (Å²) in [5.41, 5.74) is 3.53. The topological polar surface area (TPSA) is 22.0 Å². The van der Waals surface area contributed by atoms with Gasteiger partial charge in [0.15, 0.2) is 0 Å². The highest BCUT2D eigenvalue weighted by atomic mass is 79.9. The van der Waals surface area contributed by atoms with Gasteiger partial charge in [0, 0.05) is 15.6 Å². The molecule has 78 valence electrons. The Hall–Kier alpha value is -1.09. The molecule has 0 spiro atoms. The third kappa shape index (κ3) is 1.61. The maximum atomic E-state index is 10.6. The third-order valence-electron chi connectivity index (χ3n) is 2.86. The molecular formula is C12H12BrNO. The first kappa shape index (κ1) is 10.4. The summed E-state index contributed by atoms with van der Waals surface area (Å²) in [7, 11) is 0. The van der Waals surface area contributed by atoms with E-state index in [1.807, 2.05) is 17.6 Å². The van der Waals surface area contributed by atoms with Gasteiger partial charge in [-0.2, -0.15) is 0 Å². The highest BCUT2D eigenvalue weighted by Crippen LogP contribution is 2.27. The van der Waals surface area contributed by atoms with Crippen LogP contribution in [0, 0.1) is 13.8 Å². The number of rotatable bonds is 2. The van der Waals surface area contributed by atoms with Gasteiger partial charge in [-0.1, -0.05) is 22.0 Å². The Kier molecular flexibility index (Phi) is 2.65. The molecule has 0 unspecified atom stereocenters. The van der Waals surface area contributed by atoms with Crippen LogP contribution in [0.2, 0.25) is 0 Å². The zero-order chi connectivity index (χ0) is 11.0. The molecule has 1 aromatic carbocycles. The van der Waals surface area contributed by atoms with E-state index in [-0.39, 0.29) is 0 Å². The number of fused-ring (bicyclic) bond motifs is 1. The molecule has 0 aliphatic heterocycles. The van der Waals surface area contributed by atoms with Gasteiger partial charge in [-0.05, 0) is 31.5 Å². The lowest BCUT2D eigenvalue weighted by Gasteiger charge is -2.02. The van der Waals surface area contributed by atoms with E-state index in [9.17, 15) is 4.79 Å². The van der Waals surface area contributed by atoms with Crippen LogP contribution in [-0.4, -0.2) is 10.9 Å². The fourth-order valence-electron chi connectivity index (χ4n) is 1.93. The summed E-state index contributed by atoms with van der Waals surface area (Å²) in [4.78, 5) is 10.6. The molecule has 2 aromatic rings. The van der Waals surface area contributed by atoms with Gasteiger partial charge < -0.3 is 9.36 Å². The van der Waals surface area contributed by atoms with Crippen molar-refractivity contribution in [3.63, 3.8) is 0 Å². The number of nitrogens with zero attached hydrogens (tertiary/aromatic N) is 1. The van der Waals surface area contributed by atoms with E-state index in [0.29, 0.717) is 6.54 Å². The van der Waals surface area contributed by atoms with E-state index in [1.54, 1.807) is 0 Å². The molecule has 2 nitrogen and oxygen atoms in total. The Morgan fingerprint density at radius 1 is 1.40 bits per heavy atom. The number of aryl methyl sites for hydroxylation is 1. The SMILES string of the molecule is Cc1c(C)n(CC=O)c2cc(Br)ccc12. The molecule has 0 atom stereocenters. The molecule has 0 N–H and O–H groups in total. The molecule has 0 aliphatic carbocycles. The van der Waals surface area contributed by atoms with Crippen molar-refractivity contribution < 1.29 is 4.79 Å². The van der Waals surface area contributed by atoms with Gasteiger partial charge >= 0.3 is 0 Å². The quantitative estimate of drug-likeness (QED) is 0.765. The Morgan fingerprint density at radius 3 is 2.80 bits per heavy atom. The van der Waals surface area contributed by atoms with Gasteiger partial charge in [0.05, 0.1) is 12.1 Å². The fraction of sp³-hybridized carbons (Fsp3) is 0.250. The van der Waals surface area contributed by atoms with Crippen molar-refractivity contribution in [2.24, 2.45) is 0 Å². The average Bonchev–Trinajstić information content (AvgIpc) is 2.44. The Morgan fingerprint density at radius 2 is 2.13 bits per heavy atom. The molecule has 2 rings (SSSR count). The molecule has 0 aliphatic rings. The Labute approximate surface area is 97.0 Å². The summed E-state index contributed by atoms with van der Waals surface area (Å²) in [6.45, 7) is 4.56. The monoisotopic (exact) mass is 265 g/mol. The first-order valence-electron chi connectivity index (χ1n) is 4.83. The Balaban J connectivity index is 2.81. The third-order valence-corrected chi connectivity index (χ3v) is 3.35. The maximum Gasteiger partial charge on any atom is 0.139 e. The number of hydrogen-bond donors (Lipinski definition) is 0. The number of aromatic nitrogens is 1. The molecule has 0 saturated heterocycles. The smallest absolute Gasteiger partial charge is 0.139 e. The van der Waals surface area contributed by atoms with Gasteiger partial charge in [0.2, 0.25) is 0 Å². The number of aldehydes is 1. The first-order valence-corrected chi connectivity index (χ1v) is 5.63. The minimum atomic E-state index is 0.423. The van der Waals surface area contributed by atoms with Crippen molar-refractivity contribution in [1.29, 1.82) is 0 Å². The van der Waals surface area contributed by atoms with Crippen molar-refractivity contribution in [3.8, 4) is 0 Å². The van der Waals surface area contributed by atoms with E-state index >= 15 is 0 Å². The largest absolute Gasteiger partial charge is 0.337 e. The van der Waals surface area contributed by atoms with Crippen LogP contribution in [0.1, 0.15) is 11.3 Å². The van der Waals surface area contributed by atoms with E-state index < -0.39 is 0 Å². The van der Waals surface area contributed by atoms with Gasteiger partial charge in [-0.15, -0.1) is 0 Å². The lowest BCUT2D eigenvalue weighted by Crippen LogP contribution is -2.00. The van der Waals surface area contributed by atoms with Gasteiger partial charge in [-0.3, -0.25) is 0 Å². The van der Waals surface area contributed by atoms with Crippen LogP contribution >= 0.6 is 15.9 Å². The van der Waals surface area contributed by atoms with Crippen molar-refractivity contribution in [1.82, 2.24) is 4.57 Å². The van der Waals surface area contributed by atoms with E-state index in [1.165, 1.54) is 10.9 Å². The number of halogens is 1. The highest BCUT2D eigenvalue weighted by Gasteiger charge is 2.10. The molecule has 15 heavy (non-hydrogen) atoms. The normalized spacial score (nSPS) is 10.9. The molecule has 0 bridgehead atoms. The van der Waals surface area contributed by atoms with Crippen LogP contribution in [-0.2, 0) is 11.3 Å². The second-order valence-electron chi connectivity index (χ2n) is 3.65. The molecule has 0 radical (unpaired) electrons. The molecule has 0 fully saturated rings. The minimum Gasteiger partial charge on any atom is -0.337 e. The summed E-state index contributed by atoms with van der Waals surface area (Å²) in [5.74, 6) is 0. The van der Waals surface area contributed by atoms with E-state index in [0.717, 1.165) is 22.0 Å². The number of benzene rings is 1. The lowest BCUT2D eigenvalue weighted by molar-refractivity contribution is -0.108. The van der Waals surface area contributed by atoms with E-state index in [4.69, 9.17) is 0 Å². The van der Waals surface area contributed by atoms with Crippen LogP contribution in [0.4, 0.5) is 0 Å². The molecular weight excluding hydrogens is 254 g/mol.